The predicted octanol–water partition coefficient (Wildman–Crippen LogP) is 4.32. The molecule has 0 aromatic carbocycles. The van der Waals surface area contributed by atoms with E-state index in [1.807, 2.05) is 0 Å². The van der Waals surface area contributed by atoms with Crippen LogP contribution in [0.2, 0.25) is 0 Å². The number of unbranched alkanes of at least 4 members (excludes halogenated alkanes) is 1. The van der Waals surface area contributed by atoms with Crippen LogP contribution in [0.25, 0.3) is 0 Å². The van der Waals surface area contributed by atoms with Gasteiger partial charge in [-0.3, -0.25) is 10.1 Å². The number of thiophene rings is 1. The number of hydrogen-bond acceptors (Lipinski definition) is 3. The van der Waals surface area contributed by atoms with Gasteiger partial charge in [0.15, 0.2) is 0 Å². The van der Waals surface area contributed by atoms with Crippen molar-refractivity contribution in [3.63, 3.8) is 0 Å². The predicted molar refractivity (Wildman–Crippen MR) is 89.3 cm³/mol. The lowest BCUT2D eigenvalue weighted by Crippen LogP contribution is -2.40. The van der Waals surface area contributed by atoms with E-state index < -0.39 is 0 Å². The molecule has 0 saturated carbocycles. The average molecular weight is 308 g/mol. The highest BCUT2D eigenvalue weighted by atomic mass is 32.1. The number of hydrogen-bond donors (Lipinski definition) is 1. The first-order chi connectivity index (χ1) is 10.2. The van der Waals surface area contributed by atoms with E-state index in [0.29, 0.717) is 11.9 Å². The molecular weight excluding hydrogens is 280 g/mol. The van der Waals surface area contributed by atoms with Crippen LogP contribution in [0.1, 0.15) is 70.3 Å². The Morgan fingerprint density at radius 3 is 2.67 bits per heavy atom. The molecule has 3 nitrogen and oxygen atoms in total. The van der Waals surface area contributed by atoms with Crippen LogP contribution in [-0.4, -0.2) is 22.9 Å². The molecule has 3 atom stereocenters. The van der Waals surface area contributed by atoms with E-state index >= 15 is 0 Å². The quantitative estimate of drug-likeness (QED) is 0.776. The van der Waals surface area contributed by atoms with Crippen molar-refractivity contribution in [3.05, 3.63) is 22.4 Å². The number of carbonyl (C=O) groups is 1. The number of amides is 1. The van der Waals surface area contributed by atoms with Gasteiger partial charge in [-0.05, 0) is 30.7 Å². The fraction of sp³-hybridized carbons (Fsp3) is 0.706. The average Bonchev–Trinajstić information content (AvgIpc) is 3.11. The Bertz CT molecular complexity index is 432. The minimum atomic E-state index is -0.0157. The van der Waals surface area contributed by atoms with Crippen LogP contribution in [0.5, 0.6) is 0 Å². The third-order valence-electron chi connectivity index (χ3n) is 4.32. The maximum absolute atomic E-state index is 12.8. The van der Waals surface area contributed by atoms with Gasteiger partial charge in [0, 0.05) is 10.9 Å². The SMILES string of the molecule is CCCCC(CCC)N1C(=O)C(CC)NC1c1cccs1. The van der Waals surface area contributed by atoms with Gasteiger partial charge in [0.05, 0.1) is 6.04 Å². The molecule has 3 unspecified atom stereocenters. The minimum absolute atomic E-state index is 0.0157. The van der Waals surface area contributed by atoms with Gasteiger partial charge < -0.3 is 4.90 Å². The Kier molecular flexibility index (Phi) is 6.24. The monoisotopic (exact) mass is 308 g/mol. The summed E-state index contributed by atoms with van der Waals surface area (Å²) in [6, 6.07) is 4.57. The second-order valence-electron chi connectivity index (χ2n) is 5.88. The van der Waals surface area contributed by atoms with Gasteiger partial charge in [-0.2, -0.15) is 0 Å². The summed E-state index contributed by atoms with van der Waals surface area (Å²) in [6.07, 6.45) is 6.69. The maximum atomic E-state index is 12.8. The van der Waals surface area contributed by atoms with Crippen molar-refractivity contribution < 1.29 is 4.79 Å². The zero-order chi connectivity index (χ0) is 15.2. The van der Waals surface area contributed by atoms with Crippen molar-refractivity contribution in [2.75, 3.05) is 0 Å². The third kappa shape index (κ3) is 3.67. The van der Waals surface area contributed by atoms with E-state index in [9.17, 15) is 4.79 Å². The molecule has 1 aliphatic rings. The van der Waals surface area contributed by atoms with E-state index in [1.165, 1.54) is 17.7 Å². The summed E-state index contributed by atoms with van der Waals surface area (Å²) in [5.41, 5.74) is 0. The molecular formula is C17H28N2OS. The molecule has 21 heavy (non-hydrogen) atoms. The molecule has 1 amide bonds. The second kappa shape index (κ2) is 7.95. The standard InChI is InChI=1S/C17H28N2OS/c1-4-7-10-13(9-5-2)19-16(15-11-8-12-21-15)18-14(6-3)17(19)20/h8,11-14,16,18H,4-7,9-10H2,1-3H3. The summed E-state index contributed by atoms with van der Waals surface area (Å²) in [4.78, 5) is 16.2. The van der Waals surface area contributed by atoms with Gasteiger partial charge in [0.25, 0.3) is 0 Å². The van der Waals surface area contributed by atoms with Gasteiger partial charge in [-0.1, -0.05) is 46.1 Å². The molecule has 0 radical (unpaired) electrons. The van der Waals surface area contributed by atoms with Crippen molar-refractivity contribution >= 4 is 17.2 Å². The van der Waals surface area contributed by atoms with Crippen molar-refractivity contribution in [1.29, 1.82) is 0 Å². The minimum Gasteiger partial charge on any atom is -0.318 e. The van der Waals surface area contributed by atoms with E-state index in [1.54, 1.807) is 11.3 Å². The molecule has 118 valence electrons. The van der Waals surface area contributed by atoms with Crippen molar-refractivity contribution in [2.45, 2.75) is 77.5 Å². The molecule has 2 heterocycles. The summed E-state index contributed by atoms with van der Waals surface area (Å²) in [5, 5.41) is 5.64. The molecule has 1 N–H and O–H groups in total. The van der Waals surface area contributed by atoms with E-state index in [0.717, 1.165) is 25.7 Å². The first-order valence-electron chi connectivity index (χ1n) is 8.34. The molecule has 2 rings (SSSR count). The van der Waals surface area contributed by atoms with Crippen molar-refractivity contribution in [1.82, 2.24) is 10.2 Å². The van der Waals surface area contributed by atoms with Crippen LogP contribution in [0.3, 0.4) is 0 Å². The van der Waals surface area contributed by atoms with E-state index in [2.05, 4.69) is 48.5 Å². The lowest BCUT2D eigenvalue weighted by atomic mass is 10.0. The number of nitrogens with zero attached hydrogens (tertiary/aromatic N) is 1. The zero-order valence-electron chi connectivity index (χ0n) is 13.5. The molecule has 1 aliphatic heterocycles. The van der Waals surface area contributed by atoms with Crippen LogP contribution in [0.15, 0.2) is 17.5 Å². The van der Waals surface area contributed by atoms with Crippen LogP contribution >= 0.6 is 11.3 Å². The van der Waals surface area contributed by atoms with Gasteiger partial charge >= 0.3 is 0 Å². The highest BCUT2D eigenvalue weighted by Crippen LogP contribution is 2.33. The Balaban J connectivity index is 2.23. The molecule has 0 aliphatic carbocycles. The van der Waals surface area contributed by atoms with Gasteiger partial charge in [0.2, 0.25) is 5.91 Å². The summed E-state index contributed by atoms with van der Waals surface area (Å²) in [5.74, 6) is 0.297. The number of rotatable bonds is 8. The van der Waals surface area contributed by atoms with Gasteiger partial charge in [0.1, 0.15) is 6.17 Å². The van der Waals surface area contributed by atoms with Crippen LogP contribution in [0.4, 0.5) is 0 Å². The molecule has 1 aromatic heterocycles. The summed E-state index contributed by atoms with van der Waals surface area (Å²) < 4.78 is 0. The molecule has 1 fully saturated rings. The summed E-state index contributed by atoms with van der Waals surface area (Å²) >= 11 is 1.74. The largest absolute Gasteiger partial charge is 0.318 e. The Labute approximate surface area is 132 Å². The lowest BCUT2D eigenvalue weighted by Gasteiger charge is -2.32. The Hall–Kier alpha value is -0.870. The topological polar surface area (TPSA) is 32.3 Å². The maximum Gasteiger partial charge on any atom is 0.241 e. The Morgan fingerprint density at radius 2 is 2.10 bits per heavy atom. The highest BCUT2D eigenvalue weighted by Gasteiger charge is 2.42. The zero-order valence-corrected chi connectivity index (χ0v) is 14.3. The van der Waals surface area contributed by atoms with Crippen molar-refractivity contribution in [3.8, 4) is 0 Å². The molecule has 0 spiro atoms. The fourth-order valence-corrected chi connectivity index (χ4v) is 3.98. The second-order valence-corrected chi connectivity index (χ2v) is 6.85. The first-order valence-corrected chi connectivity index (χ1v) is 9.22. The molecule has 1 aromatic rings. The van der Waals surface area contributed by atoms with Gasteiger partial charge in [-0.25, -0.2) is 0 Å². The van der Waals surface area contributed by atoms with Crippen LogP contribution in [0, 0.1) is 0 Å². The fourth-order valence-electron chi connectivity index (χ4n) is 3.19. The first kappa shape index (κ1) is 16.5. The van der Waals surface area contributed by atoms with Crippen LogP contribution in [-0.2, 0) is 4.79 Å². The normalized spacial score (nSPS) is 23.8. The van der Waals surface area contributed by atoms with E-state index in [-0.39, 0.29) is 12.2 Å². The molecule has 1 saturated heterocycles. The highest BCUT2D eigenvalue weighted by molar-refractivity contribution is 7.10. The summed E-state index contributed by atoms with van der Waals surface area (Å²) in [7, 11) is 0. The van der Waals surface area contributed by atoms with Gasteiger partial charge in [-0.15, -0.1) is 11.3 Å². The lowest BCUT2D eigenvalue weighted by molar-refractivity contribution is -0.132. The van der Waals surface area contributed by atoms with E-state index in [4.69, 9.17) is 0 Å². The summed E-state index contributed by atoms with van der Waals surface area (Å²) in [6.45, 7) is 6.52. The number of carbonyl (C=O) groups excluding carboxylic acids is 1. The Morgan fingerprint density at radius 1 is 1.29 bits per heavy atom. The van der Waals surface area contributed by atoms with Crippen LogP contribution < -0.4 is 5.32 Å². The molecule has 4 heteroatoms. The third-order valence-corrected chi connectivity index (χ3v) is 5.24. The molecule has 0 bridgehead atoms. The van der Waals surface area contributed by atoms with Crippen molar-refractivity contribution in [2.24, 2.45) is 0 Å². The number of nitrogens with one attached hydrogen (secondary N) is 1. The smallest absolute Gasteiger partial charge is 0.241 e.